The minimum atomic E-state index is -1.03. The Kier molecular flexibility index (Phi) is 4.15. The average Bonchev–Trinajstić information content (AvgIpc) is 3.06. The van der Waals surface area contributed by atoms with Crippen LogP contribution in [0.15, 0.2) is 65.7 Å². The lowest BCUT2D eigenvalue weighted by atomic mass is 10.1. The molecule has 0 radical (unpaired) electrons. The van der Waals surface area contributed by atoms with Gasteiger partial charge in [0, 0.05) is 29.0 Å². The van der Waals surface area contributed by atoms with Crippen LogP contribution in [0.4, 0.5) is 8.78 Å². The zero-order chi connectivity index (χ0) is 21.0. The van der Waals surface area contributed by atoms with E-state index in [0.29, 0.717) is 21.6 Å². The number of halogens is 3. The predicted molar refractivity (Wildman–Crippen MR) is 111 cm³/mol. The van der Waals surface area contributed by atoms with Gasteiger partial charge in [-0.3, -0.25) is 9.36 Å². The number of aryl methyl sites for hydroxylation is 1. The second-order valence-electron chi connectivity index (χ2n) is 6.85. The maximum atomic E-state index is 13.6. The van der Waals surface area contributed by atoms with Crippen molar-refractivity contribution in [2.24, 2.45) is 0 Å². The second kappa shape index (κ2) is 6.74. The summed E-state index contributed by atoms with van der Waals surface area (Å²) in [7, 11) is 0. The van der Waals surface area contributed by atoms with Gasteiger partial charge in [0.1, 0.15) is 0 Å². The van der Waals surface area contributed by atoms with Gasteiger partial charge in [-0.15, -0.1) is 0 Å². The summed E-state index contributed by atoms with van der Waals surface area (Å²) in [4.78, 5) is 17.5. The van der Waals surface area contributed by atoms with Crippen LogP contribution in [0.25, 0.3) is 33.4 Å². The highest BCUT2D eigenvalue weighted by atomic mass is 35.5. The molecule has 0 aliphatic carbocycles. The van der Waals surface area contributed by atoms with Crippen molar-refractivity contribution >= 4 is 28.2 Å². The summed E-state index contributed by atoms with van der Waals surface area (Å²) in [5.74, 6) is -2.00. The summed E-state index contributed by atoms with van der Waals surface area (Å²) < 4.78 is 29.7. The van der Waals surface area contributed by atoms with E-state index >= 15 is 0 Å². The highest BCUT2D eigenvalue weighted by Gasteiger charge is 2.17. The molecular weight excluding hydrogens is 410 g/mol. The molecule has 5 aromatic rings. The van der Waals surface area contributed by atoms with Crippen LogP contribution in [0, 0.1) is 18.6 Å². The largest absolute Gasteiger partial charge is 0.284 e. The molecule has 0 aliphatic heterocycles. The first-order valence-corrected chi connectivity index (χ1v) is 9.43. The van der Waals surface area contributed by atoms with Crippen LogP contribution in [0.2, 0.25) is 5.02 Å². The van der Waals surface area contributed by atoms with Crippen molar-refractivity contribution < 1.29 is 8.78 Å². The molecule has 0 N–H and O–H groups in total. The molecule has 0 bridgehead atoms. The van der Waals surface area contributed by atoms with E-state index in [0.717, 1.165) is 29.0 Å². The van der Waals surface area contributed by atoms with Gasteiger partial charge in [-0.25, -0.2) is 18.3 Å². The van der Waals surface area contributed by atoms with Gasteiger partial charge in [0.25, 0.3) is 5.56 Å². The Balaban J connectivity index is 1.76. The molecule has 0 unspecified atom stereocenters. The lowest BCUT2D eigenvalue weighted by Gasteiger charge is -2.08. The first-order chi connectivity index (χ1) is 14.4. The minimum absolute atomic E-state index is 0.220. The van der Waals surface area contributed by atoms with Crippen molar-refractivity contribution in [1.29, 1.82) is 0 Å². The van der Waals surface area contributed by atoms with Gasteiger partial charge in [0.05, 0.1) is 22.3 Å². The highest BCUT2D eigenvalue weighted by molar-refractivity contribution is 6.30. The molecule has 0 saturated heterocycles. The molecule has 0 aliphatic rings. The average molecular weight is 423 g/mol. The van der Waals surface area contributed by atoms with Crippen LogP contribution in [-0.4, -0.2) is 19.2 Å². The van der Waals surface area contributed by atoms with Gasteiger partial charge in [0.2, 0.25) is 0 Å². The van der Waals surface area contributed by atoms with Crippen molar-refractivity contribution in [3.63, 3.8) is 0 Å². The van der Waals surface area contributed by atoms with E-state index in [1.54, 1.807) is 16.6 Å². The number of fused-ring (bicyclic) bond motifs is 3. The summed E-state index contributed by atoms with van der Waals surface area (Å²) in [5, 5.41) is 5.47. The molecule has 3 aromatic heterocycles. The fourth-order valence-corrected chi connectivity index (χ4v) is 3.79. The van der Waals surface area contributed by atoms with Crippen LogP contribution < -0.4 is 5.56 Å². The minimum Gasteiger partial charge on any atom is -0.284 e. The van der Waals surface area contributed by atoms with Gasteiger partial charge in [-0.1, -0.05) is 23.7 Å². The lowest BCUT2D eigenvalue weighted by Crippen LogP contribution is -2.19. The van der Waals surface area contributed by atoms with Crippen LogP contribution in [-0.2, 0) is 0 Å². The Morgan fingerprint density at radius 2 is 1.87 bits per heavy atom. The van der Waals surface area contributed by atoms with Crippen molar-refractivity contribution in [3.05, 3.63) is 93.6 Å². The Labute approximate surface area is 173 Å². The molecule has 0 spiro atoms. The van der Waals surface area contributed by atoms with E-state index in [-0.39, 0.29) is 5.69 Å². The third-order valence-corrected chi connectivity index (χ3v) is 5.22. The topological polar surface area (TPSA) is 52.2 Å². The molecule has 2 aromatic carbocycles. The van der Waals surface area contributed by atoms with Crippen LogP contribution in [0.3, 0.4) is 0 Å². The molecule has 0 atom stereocenters. The smallest absolute Gasteiger partial charge is 0.266 e. The van der Waals surface area contributed by atoms with Crippen molar-refractivity contribution in [1.82, 2.24) is 19.2 Å². The number of nitrogens with zero attached hydrogens (tertiary/aromatic N) is 4. The van der Waals surface area contributed by atoms with Crippen LogP contribution in [0.5, 0.6) is 0 Å². The van der Waals surface area contributed by atoms with Gasteiger partial charge in [-0.2, -0.15) is 5.10 Å². The molecule has 5 nitrogen and oxygen atoms in total. The van der Waals surface area contributed by atoms with E-state index < -0.39 is 17.2 Å². The number of hydrogen-bond donors (Lipinski definition) is 0. The third-order valence-electron chi connectivity index (χ3n) is 4.98. The molecule has 5 rings (SSSR count). The number of benzene rings is 2. The highest BCUT2D eigenvalue weighted by Crippen LogP contribution is 2.30. The first-order valence-electron chi connectivity index (χ1n) is 9.05. The molecule has 148 valence electrons. The molecule has 0 saturated carbocycles. The molecule has 0 amide bonds. The first kappa shape index (κ1) is 18.4. The summed E-state index contributed by atoms with van der Waals surface area (Å²) in [5.41, 5.74) is 3.39. The molecule has 30 heavy (non-hydrogen) atoms. The van der Waals surface area contributed by atoms with Crippen LogP contribution in [0.1, 0.15) is 5.69 Å². The summed E-state index contributed by atoms with van der Waals surface area (Å²) >= 11 is 6.14. The maximum absolute atomic E-state index is 13.6. The lowest BCUT2D eigenvalue weighted by molar-refractivity contribution is 0.508. The Hall–Kier alpha value is -3.58. The number of aromatic nitrogens is 4. The fraction of sp³-hybridized carbons (Fsp3) is 0.0455. The standard InChI is InChI=1S/C22H13ClF2N4O/c1-12-20(13-3-2-4-14(23)9-13)21-26-11-16-19(29(21)27-12)7-8-28(22(16)30)15-5-6-17(24)18(25)10-15/h2-11H,1H3. The monoisotopic (exact) mass is 422 g/mol. The number of pyridine rings is 1. The van der Waals surface area contributed by atoms with Crippen molar-refractivity contribution in [2.45, 2.75) is 6.92 Å². The Morgan fingerprint density at radius 1 is 1.03 bits per heavy atom. The van der Waals surface area contributed by atoms with Crippen molar-refractivity contribution in [3.8, 4) is 16.8 Å². The zero-order valence-corrected chi connectivity index (χ0v) is 16.4. The fourth-order valence-electron chi connectivity index (χ4n) is 3.60. The summed E-state index contributed by atoms with van der Waals surface area (Å²) in [6, 6.07) is 12.4. The van der Waals surface area contributed by atoms with Gasteiger partial charge in [0.15, 0.2) is 17.3 Å². The van der Waals surface area contributed by atoms with E-state index in [9.17, 15) is 13.6 Å². The quantitative estimate of drug-likeness (QED) is 0.405. The number of rotatable bonds is 2. The summed E-state index contributed by atoms with van der Waals surface area (Å²) in [6.45, 7) is 1.86. The molecule has 8 heteroatoms. The van der Waals surface area contributed by atoms with Gasteiger partial charge < -0.3 is 0 Å². The molecule has 0 fully saturated rings. The van der Waals surface area contributed by atoms with E-state index in [1.807, 2.05) is 25.1 Å². The van der Waals surface area contributed by atoms with E-state index in [4.69, 9.17) is 11.6 Å². The molecular formula is C22H13ClF2N4O. The third kappa shape index (κ3) is 2.78. The number of hydrogen-bond acceptors (Lipinski definition) is 3. The molecule has 3 heterocycles. The SMILES string of the molecule is Cc1nn2c(ncc3c(=O)n(-c4ccc(F)c(F)c4)ccc32)c1-c1cccc(Cl)c1. The van der Waals surface area contributed by atoms with E-state index in [1.165, 1.54) is 23.0 Å². The van der Waals surface area contributed by atoms with Gasteiger partial charge in [-0.05, 0) is 42.8 Å². The van der Waals surface area contributed by atoms with Crippen LogP contribution >= 0.6 is 11.6 Å². The van der Waals surface area contributed by atoms with E-state index in [2.05, 4.69) is 10.1 Å². The zero-order valence-electron chi connectivity index (χ0n) is 15.6. The maximum Gasteiger partial charge on any atom is 0.266 e. The Morgan fingerprint density at radius 3 is 2.63 bits per heavy atom. The Bertz CT molecular complexity index is 1520. The summed E-state index contributed by atoms with van der Waals surface area (Å²) in [6.07, 6.45) is 2.98. The predicted octanol–water partition coefficient (Wildman–Crippen LogP) is 4.94. The van der Waals surface area contributed by atoms with Gasteiger partial charge >= 0.3 is 0 Å². The second-order valence-corrected chi connectivity index (χ2v) is 7.29. The normalized spacial score (nSPS) is 11.5. The van der Waals surface area contributed by atoms with Crippen molar-refractivity contribution in [2.75, 3.05) is 0 Å².